The van der Waals surface area contributed by atoms with Crippen LogP contribution in [-0.2, 0) is 13.1 Å². The molecule has 1 N–H and O–H groups in total. The lowest BCUT2D eigenvalue weighted by molar-refractivity contribution is 0.191. The number of rotatable bonds is 5. The van der Waals surface area contributed by atoms with Gasteiger partial charge in [0.05, 0.1) is 0 Å². The van der Waals surface area contributed by atoms with Crippen LogP contribution in [0.25, 0.3) is 0 Å². The van der Waals surface area contributed by atoms with Gasteiger partial charge in [-0.15, -0.1) is 0 Å². The van der Waals surface area contributed by atoms with Crippen molar-refractivity contribution < 1.29 is 4.79 Å². The smallest absolute Gasteiger partial charge is 0.318 e. The van der Waals surface area contributed by atoms with Crippen molar-refractivity contribution in [3.63, 3.8) is 0 Å². The number of aromatic nitrogens is 1. The average molecular weight is 295 g/mol. The van der Waals surface area contributed by atoms with Crippen molar-refractivity contribution in [1.29, 1.82) is 0 Å². The van der Waals surface area contributed by atoms with Crippen LogP contribution in [-0.4, -0.2) is 22.0 Å². The fourth-order valence-electron chi connectivity index (χ4n) is 2.40. The van der Waals surface area contributed by atoms with Gasteiger partial charge in [-0.05, 0) is 42.5 Å². The number of amides is 2. The lowest BCUT2D eigenvalue weighted by atomic mass is 10.1. The zero-order valence-electron chi connectivity index (χ0n) is 12.8. The van der Waals surface area contributed by atoms with Gasteiger partial charge < -0.3 is 10.2 Å². The minimum Gasteiger partial charge on any atom is -0.335 e. The maximum absolute atomic E-state index is 12.5. The third kappa shape index (κ3) is 3.85. The molecule has 1 fully saturated rings. The predicted molar refractivity (Wildman–Crippen MR) is 86.2 cm³/mol. The van der Waals surface area contributed by atoms with Crippen molar-refractivity contribution in [2.45, 2.75) is 38.9 Å². The zero-order chi connectivity index (χ0) is 15.4. The van der Waals surface area contributed by atoms with Crippen molar-refractivity contribution in [2.75, 3.05) is 0 Å². The van der Waals surface area contributed by atoms with Crippen LogP contribution in [0, 0.1) is 6.92 Å². The first-order valence-electron chi connectivity index (χ1n) is 7.71. The number of hydrogen-bond acceptors (Lipinski definition) is 2. The highest BCUT2D eigenvalue weighted by molar-refractivity contribution is 5.75. The molecule has 2 aromatic rings. The van der Waals surface area contributed by atoms with Crippen molar-refractivity contribution >= 4 is 6.03 Å². The molecular weight excluding hydrogens is 274 g/mol. The van der Waals surface area contributed by atoms with E-state index < -0.39 is 0 Å². The fraction of sp³-hybridized carbons (Fsp3) is 0.333. The first kappa shape index (κ1) is 14.6. The zero-order valence-corrected chi connectivity index (χ0v) is 12.8. The van der Waals surface area contributed by atoms with Crippen LogP contribution in [0.15, 0.2) is 48.8 Å². The molecule has 2 amide bonds. The van der Waals surface area contributed by atoms with Crippen LogP contribution in [0.3, 0.4) is 0 Å². The van der Waals surface area contributed by atoms with E-state index in [0.29, 0.717) is 19.1 Å². The standard InChI is InChI=1S/C18H21N3O/c1-14-5-2-3-7-16(14)13-21(18(22)20-17-8-9-17)12-15-6-4-10-19-11-15/h2-7,10-11,17H,8-9,12-13H2,1H3,(H,20,22). The molecule has 22 heavy (non-hydrogen) atoms. The van der Waals surface area contributed by atoms with Gasteiger partial charge in [0.1, 0.15) is 0 Å². The van der Waals surface area contributed by atoms with Crippen molar-refractivity contribution in [3.05, 3.63) is 65.5 Å². The second kappa shape index (κ2) is 6.60. The summed E-state index contributed by atoms with van der Waals surface area (Å²) in [6, 6.07) is 12.5. The number of pyridine rings is 1. The van der Waals surface area contributed by atoms with Gasteiger partial charge in [-0.1, -0.05) is 30.3 Å². The molecule has 1 aliphatic rings. The van der Waals surface area contributed by atoms with E-state index in [9.17, 15) is 4.79 Å². The van der Waals surface area contributed by atoms with Gasteiger partial charge in [-0.25, -0.2) is 4.79 Å². The van der Waals surface area contributed by atoms with Gasteiger partial charge in [0.15, 0.2) is 0 Å². The number of urea groups is 1. The summed E-state index contributed by atoms with van der Waals surface area (Å²) < 4.78 is 0. The summed E-state index contributed by atoms with van der Waals surface area (Å²) in [5, 5.41) is 3.08. The molecule has 3 rings (SSSR count). The Bertz CT molecular complexity index is 638. The van der Waals surface area contributed by atoms with Crippen LogP contribution in [0.5, 0.6) is 0 Å². The summed E-state index contributed by atoms with van der Waals surface area (Å²) in [5.41, 5.74) is 3.43. The summed E-state index contributed by atoms with van der Waals surface area (Å²) in [4.78, 5) is 18.5. The molecule has 1 aliphatic carbocycles. The maximum atomic E-state index is 12.5. The Morgan fingerprint density at radius 1 is 1.23 bits per heavy atom. The molecule has 1 heterocycles. The van der Waals surface area contributed by atoms with Gasteiger partial charge in [-0.2, -0.15) is 0 Å². The molecule has 0 saturated heterocycles. The molecule has 0 radical (unpaired) electrons. The number of hydrogen-bond donors (Lipinski definition) is 1. The van der Waals surface area contributed by atoms with Crippen molar-refractivity contribution in [2.24, 2.45) is 0 Å². The second-order valence-electron chi connectivity index (χ2n) is 5.87. The highest BCUT2D eigenvalue weighted by Crippen LogP contribution is 2.20. The van der Waals surface area contributed by atoms with E-state index in [1.54, 1.807) is 6.20 Å². The molecule has 1 aromatic heterocycles. The summed E-state index contributed by atoms with van der Waals surface area (Å²) >= 11 is 0. The minimum absolute atomic E-state index is 0.00889. The molecule has 0 spiro atoms. The highest BCUT2D eigenvalue weighted by Gasteiger charge is 2.26. The van der Waals surface area contributed by atoms with Gasteiger partial charge in [0.2, 0.25) is 0 Å². The summed E-state index contributed by atoms with van der Waals surface area (Å²) in [5.74, 6) is 0. The first-order valence-corrected chi connectivity index (χ1v) is 7.71. The fourth-order valence-corrected chi connectivity index (χ4v) is 2.40. The minimum atomic E-state index is 0.00889. The third-order valence-corrected chi connectivity index (χ3v) is 3.91. The van der Waals surface area contributed by atoms with E-state index in [1.165, 1.54) is 11.1 Å². The largest absolute Gasteiger partial charge is 0.335 e. The van der Waals surface area contributed by atoms with Crippen LogP contribution >= 0.6 is 0 Å². The molecule has 114 valence electrons. The molecule has 4 heteroatoms. The van der Waals surface area contributed by atoms with Gasteiger partial charge >= 0.3 is 6.03 Å². The lowest BCUT2D eigenvalue weighted by Gasteiger charge is -2.24. The number of benzene rings is 1. The molecule has 0 atom stereocenters. The predicted octanol–water partition coefficient (Wildman–Crippen LogP) is 3.26. The SMILES string of the molecule is Cc1ccccc1CN(Cc1cccnc1)C(=O)NC1CC1. The summed E-state index contributed by atoms with van der Waals surface area (Å²) in [6.07, 6.45) is 5.75. The van der Waals surface area contributed by atoms with E-state index in [2.05, 4.69) is 29.4 Å². The van der Waals surface area contributed by atoms with Gasteiger partial charge in [0.25, 0.3) is 0 Å². The van der Waals surface area contributed by atoms with Crippen LogP contribution in [0.2, 0.25) is 0 Å². The van der Waals surface area contributed by atoms with Crippen LogP contribution < -0.4 is 5.32 Å². The normalized spacial score (nSPS) is 13.7. The molecule has 0 aliphatic heterocycles. The van der Waals surface area contributed by atoms with E-state index in [1.807, 2.05) is 35.4 Å². The summed E-state index contributed by atoms with van der Waals surface area (Å²) in [7, 11) is 0. The van der Waals surface area contributed by atoms with E-state index in [0.717, 1.165) is 18.4 Å². The Hall–Kier alpha value is -2.36. The average Bonchev–Trinajstić information content (AvgIpc) is 3.34. The molecular formula is C18H21N3O. The van der Waals surface area contributed by atoms with Crippen LogP contribution in [0.1, 0.15) is 29.5 Å². The van der Waals surface area contributed by atoms with Crippen LogP contribution in [0.4, 0.5) is 4.79 Å². The maximum Gasteiger partial charge on any atom is 0.318 e. The quantitative estimate of drug-likeness (QED) is 0.920. The second-order valence-corrected chi connectivity index (χ2v) is 5.87. The van der Waals surface area contributed by atoms with Gasteiger partial charge in [0, 0.05) is 31.5 Å². The number of nitrogens with one attached hydrogen (secondary N) is 1. The monoisotopic (exact) mass is 295 g/mol. The molecule has 1 saturated carbocycles. The van der Waals surface area contributed by atoms with E-state index in [-0.39, 0.29) is 6.03 Å². The number of carbonyl (C=O) groups excluding carboxylic acids is 1. The molecule has 1 aromatic carbocycles. The Kier molecular flexibility index (Phi) is 4.37. The van der Waals surface area contributed by atoms with Crippen molar-refractivity contribution in [1.82, 2.24) is 15.2 Å². The number of nitrogens with zero attached hydrogens (tertiary/aromatic N) is 2. The third-order valence-electron chi connectivity index (χ3n) is 3.91. The molecule has 4 nitrogen and oxygen atoms in total. The molecule has 0 bridgehead atoms. The Balaban J connectivity index is 1.75. The number of carbonyl (C=O) groups is 1. The topological polar surface area (TPSA) is 45.2 Å². The van der Waals surface area contributed by atoms with Gasteiger partial charge in [-0.3, -0.25) is 4.98 Å². The number of aryl methyl sites for hydroxylation is 1. The Morgan fingerprint density at radius 2 is 2.05 bits per heavy atom. The highest BCUT2D eigenvalue weighted by atomic mass is 16.2. The Morgan fingerprint density at radius 3 is 2.73 bits per heavy atom. The van der Waals surface area contributed by atoms with E-state index >= 15 is 0 Å². The van der Waals surface area contributed by atoms with Crippen molar-refractivity contribution in [3.8, 4) is 0 Å². The summed E-state index contributed by atoms with van der Waals surface area (Å²) in [6.45, 7) is 3.26. The Labute approximate surface area is 131 Å². The van der Waals surface area contributed by atoms with E-state index in [4.69, 9.17) is 0 Å². The lowest BCUT2D eigenvalue weighted by Crippen LogP contribution is -2.40. The first-order chi connectivity index (χ1) is 10.7. The molecule has 0 unspecified atom stereocenters.